The van der Waals surface area contributed by atoms with Crippen LogP contribution < -0.4 is 0 Å². The Hall–Kier alpha value is -2.78. The van der Waals surface area contributed by atoms with Gasteiger partial charge in [-0.2, -0.15) is 23.5 Å². The molecule has 0 saturated heterocycles. The van der Waals surface area contributed by atoms with Crippen molar-refractivity contribution in [2.45, 2.75) is 47.7 Å². The van der Waals surface area contributed by atoms with E-state index in [0.717, 1.165) is 11.5 Å². The molecule has 4 saturated carbocycles. The zero-order valence-corrected chi connectivity index (χ0v) is 24.2. The van der Waals surface area contributed by atoms with Crippen molar-refractivity contribution in [3.63, 3.8) is 0 Å². The highest BCUT2D eigenvalue weighted by atomic mass is 32.2. The molecule has 216 valence electrons. The van der Waals surface area contributed by atoms with Crippen molar-refractivity contribution < 1.29 is 34.1 Å². The van der Waals surface area contributed by atoms with Crippen molar-refractivity contribution in [3.05, 3.63) is 71.8 Å². The van der Waals surface area contributed by atoms with Crippen LogP contribution in [0.3, 0.4) is 0 Å². The first-order valence-electron chi connectivity index (χ1n) is 14.3. The molecular formula is C32H34O7S2. The van der Waals surface area contributed by atoms with Crippen molar-refractivity contribution in [3.8, 4) is 0 Å². The molecule has 6 rings (SSSR count). The Morgan fingerprint density at radius 1 is 0.610 bits per heavy atom. The van der Waals surface area contributed by atoms with E-state index in [4.69, 9.17) is 4.74 Å². The number of carboxylic acid groups (broad SMARTS) is 2. The molecule has 0 radical (unpaired) electrons. The SMILES string of the molecule is O=C(OC(=O)C1C2CC(SCc3ccccc3)C(C2)C1C(=O)O)C1C2CC(SCc3ccccc3)C(C2)C1C(=O)O. The van der Waals surface area contributed by atoms with E-state index < -0.39 is 47.5 Å². The zero-order valence-electron chi connectivity index (χ0n) is 22.5. The molecule has 10 unspecified atom stereocenters. The highest BCUT2D eigenvalue weighted by molar-refractivity contribution is 7.99. The molecule has 4 bridgehead atoms. The van der Waals surface area contributed by atoms with Gasteiger partial charge in [0.25, 0.3) is 0 Å². The number of thioether (sulfide) groups is 2. The molecule has 0 heterocycles. The van der Waals surface area contributed by atoms with Crippen LogP contribution in [0.5, 0.6) is 0 Å². The van der Waals surface area contributed by atoms with Gasteiger partial charge in [-0.25, -0.2) is 0 Å². The minimum absolute atomic E-state index is 0.133. The largest absolute Gasteiger partial charge is 0.481 e. The molecule has 0 amide bonds. The molecule has 4 aliphatic rings. The monoisotopic (exact) mass is 594 g/mol. The van der Waals surface area contributed by atoms with Crippen LogP contribution in [-0.2, 0) is 35.4 Å². The number of aliphatic carboxylic acids is 2. The fourth-order valence-electron chi connectivity index (χ4n) is 8.13. The maximum absolute atomic E-state index is 13.3. The maximum atomic E-state index is 13.3. The number of fused-ring (bicyclic) bond motifs is 4. The van der Waals surface area contributed by atoms with Crippen LogP contribution in [-0.4, -0.2) is 44.6 Å². The van der Waals surface area contributed by atoms with Crippen LogP contribution in [0.2, 0.25) is 0 Å². The lowest BCUT2D eigenvalue weighted by Gasteiger charge is -2.33. The summed E-state index contributed by atoms with van der Waals surface area (Å²) in [6.45, 7) is 0. The van der Waals surface area contributed by atoms with Crippen molar-refractivity contribution >= 4 is 47.4 Å². The molecule has 4 fully saturated rings. The van der Waals surface area contributed by atoms with Gasteiger partial charge in [-0.05, 0) is 60.5 Å². The Labute approximate surface area is 247 Å². The van der Waals surface area contributed by atoms with Crippen molar-refractivity contribution in [1.29, 1.82) is 0 Å². The second-order valence-electron chi connectivity index (χ2n) is 12.0. The second-order valence-corrected chi connectivity index (χ2v) is 14.4. The van der Waals surface area contributed by atoms with Crippen molar-refractivity contribution in [1.82, 2.24) is 0 Å². The Bertz CT molecular complexity index is 1200. The summed E-state index contributed by atoms with van der Waals surface area (Å²) in [6.07, 6.45) is 2.69. The fraction of sp³-hybridized carbons (Fsp3) is 0.500. The molecule has 9 heteroatoms. The van der Waals surface area contributed by atoms with Gasteiger partial charge in [-0.15, -0.1) is 0 Å². The van der Waals surface area contributed by atoms with Gasteiger partial charge in [-0.1, -0.05) is 60.7 Å². The van der Waals surface area contributed by atoms with E-state index in [1.54, 1.807) is 23.5 Å². The molecule has 7 nitrogen and oxygen atoms in total. The maximum Gasteiger partial charge on any atom is 0.317 e. The minimum Gasteiger partial charge on any atom is -0.481 e. The number of rotatable bonds is 10. The van der Waals surface area contributed by atoms with Gasteiger partial charge >= 0.3 is 23.9 Å². The van der Waals surface area contributed by atoms with Gasteiger partial charge in [0.2, 0.25) is 0 Å². The lowest BCUT2D eigenvalue weighted by Crippen LogP contribution is -2.43. The molecule has 10 atom stereocenters. The summed E-state index contributed by atoms with van der Waals surface area (Å²) in [6, 6.07) is 20.0. The molecular weight excluding hydrogens is 560 g/mol. The zero-order chi connectivity index (χ0) is 28.7. The average molecular weight is 595 g/mol. The van der Waals surface area contributed by atoms with Crippen LogP contribution in [0.25, 0.3) is 0 Å². The quantitative estimate of drug-likeness (QED) is 0.276. The van der Waals surface area contributed by atoms with E-state index in [1.165, 1.54) is 11.1 Å². The molecule has 2 aromatic carbocycles. The predicted octanol–water partition coefficient (Wildman–Crippen LogP) is 5.37. The second kappa shape index (κ2) is 11.8. The topological polar surface area (TPSA) is 118 Å². The standard InChI is InChI=1S/C32H34O7S2/c33-29(34)27-21-11-19(13-23(21)40-15-17-7-3-1-4-8-17)25(27)31(37)39-32(38)26-20-12-22(28(26)30(35)36)24(14-20)41-16-18-9-5-2-6-10-18/h1-10,19-28H,11-16H2,(H,33,34)(H,35,36). The molecule has 2 N–H and O–H groups in total. The van der Waals surface area contributed by atoms with E-state index in [-0.39, 0.29) is 34.2 Å². The molecule has 0 spiro atoms. The van der Waals surface area contributed by atoms with Gasteiger partial charge < -0.3 is 14.9 Å². The van der Waals surface area contributed by atoms with E-state index in [2.05, 4.69) is 0 Å². The number of carboxylic acids is 2. The van der Waals surface area contributed by atoms with E-state index >= 15 is 0 Å². The van der Waals surface area contributed by atoms with Crippen LogP contribution >= 0.6 is 23.5 Å². The van der Waals surface area contributed by atoms with Gasteiger partial charge in [0, 0.05) is 22.0 Å². The summed E-state index contributed by atoms with van der Waals surface area (Å²) >= 11 is 3.47. The first-order valence-corrected chi connectivity index (χ1v) is 16.4. The first kappa shape index (κ1) is 28.3. The fourth-order valence-corrected chi connectivity index (χ4v) is 11.1. The normalized spacial score (nSPS) is 34.9. The Balaban J connectivity index is 1.08. The predicted molar refractivity (Wildman–Crippen MR) is 156 cm³/mol. The van der Waals surface area contributed by atoms with Crippen LogP contribution in [0.15, 0.2) is 60.7 Å². The van der Waals surface area contributed by atoms with Crippen molar-refractivity contribution in [2.75, 3.05) is 0 Å². The number of ether oxygens (including phenoxy) is 1. The number of carbonyl (C=O) groups is 4. The number of hydrogen-bond acceptors (Lipinski definition) is 7. The van der Waals surface area contributed by atoms with Gasteiger partial charge in [0.15, 0.2) is 0 Å². The summed E-state index contributed by atoms with van der Waals surface area (Å²) in [4.78, 5) is 51.4. The summed E-state index contributed by atoms with van der Waals surface area (Å²) in [5.41, 5.74) is 2.35. The Morgan fingerprint density at radius 3 is 1.37 bits per heavy atom. The number of esters is 2. The Morgan fingerprint density at radius 2 is 1.00 bits per heavy atom. The van der Waals surface area contributed by atoms with Crippen LogP contribution in [0.4, 0.5) is 0 Å². The molecule has 4 aliphatic carbocycles. The highest BCUT2D eigenvalue weighted by Crippen LogP contribution is 2.58. The average Bonchev–Trinajstić information content (AvgIpc) is 3.74. The first-order chi connectivity index (χ1) is 19.8. The Kier molecular flexibility index (Phi) is 8.19. The summed E-state index contributed by atoms with van der Waals surface area (Å²) in [7, 11) is 0. The molecule has 0 aromatic heterocycles. The van der Waals surface area contributed by atoms with Crippen LogP contribution in [0.1, 0.15) is 36.8 Å². The van der Waals surface area contributed by atoms with E-state index in [0.29, 0.717) is 25.7 Å². The lowest BCUT2D eigenvalue weighted by molar-refractivity contribution is -0.174. The summed E-state index contributed by atoms with van der Waals surface area (Å²) in [5.74, 6) is -6.22. The number of benzene rings is 2. The molecule has 0 aliphatic heterocycles. The molecule has 2 aromatic rings. The third-order valence-electron chi connectivity index (χ3n) is 9.82. The highest BCUT2D eigenvalue weighted by Gasteiger charge is 2.61. The van der Waals surface area contributed by atoms with Crippen LogP contribution in [0, 0.1) is 47.3 Å². The van der Waals surface area contributed by atoms with Gasteiger partial charge in [0.1, 0.15) is 0 Å². The third kappa shape index (κ3) is 5.55. The lowest BCUT2D eigenvalue weighted by atomic mass is 9.78. The van der Waals surface area contributed by atoms with E-state index in [9.17, 15) is 29.4 Å². The smallest absolute Gasteiger partial charge is 0.317 e. The van der Waals surface area contributed by atoms with Gasteiger partial charge in [0.05, 0.1) is 23.7 Å². The third-order valence-corrected chi connectivity index (χ3v) is 12.8. The summed E-state index contributed by atoms with van der Waals surface area (Å²) < 4.78 is 5.40. The van der Waals surface area contributed by atoms with E-state index in [1.807, 2.05) is 60.7 Å². The minimum atomic E-state index is -1.03. The number of carbonyl (C=O) groups excluding carboxylic acids is 2. The summed E-state index contributed by atoms with van der Waals surface area (Å²) in [5, 5.41) is 20.4. The van der Waals surface area contributed by atoms with Crippen molar-refractivity contribution in [2.24, 2.45) is 47.3 Å². The number of hydrogen-bond donors (Lipinski definition) is 2. The van der Waals surface area contributed by atoms with Gasteiger partial charge in [-0.3, -0.25) is 19.2 Å². The molecule has 41 heavy (non-hydrogen) atoms.